The van der Waals surface area contributed by atoms with Gasteiger partial charge < -0.3 is 14.6 Å². The molecule has 126 valence electrons. The van der Waals surface area contributed by atoms with Gasteiger partial charge in [-0.15, -0.1) is 0 Å². The molecule has 0 amide bonds. The molecular weight excluding hydrogens is 421 g/mol. The molecule has 2 aromatic carbocycles. The number of hydrogen-bond acceptors (Lipinski definition) is 4. The van der Waals surface area contributed by atoms with E-state index in [-0.39, 0.29) is 0 Å². The summed E-state index contributed by atoms with van der Waals surface area (Å²) in [5, 5.41) is 8.75. The molecule has 0 fully saturated rings. The molecule has 0 aliphatic carbocycles. The summed E-state index contributed by atoms with van der Waals surface area (Å²) in [5.74, 6) is -0.137. The van der Waals surface area contributed by atoms with E-state index in [1.165, 1.54) is 18.2 Å². The van der Waals surface area contributed by atoms with Crippen LogP contribution in [0.15, 0.2) is 35.3 Å². The molecule has 0 bridgehead atoms. The van der Waals surface area contributed by atoms with Gasteiger partial charge in [0, 0.05) is 6.21 Å². The van der Waals surface area contributed by atoms with E-state index >= 15 is 0 Å². The van der Waals surface area contributed by atoms with E-state index in [0.717, 1.165) is 14.8 Å². The highest BCUT2D eigenvalue weighted by atomic mass is 127. The maximum atomic E-state index is 10.7. The normalized spacial score (nSPS) is 10.8. The summed E-state index contributed by atoms with van der Waals surface area (Å²) < 4.78 is 11.4. The van der Waals surface area contributed by atoms with Gasteiger partial charge in [-0.25, -0.2) is 4.79 Å². The van der Waals surface area contributed by atoms with Gasteiger partial charge in [0.1, 0.15) is 0 Å². The van der Waals surface area contributed by atoms with E-state index in [1.54, 1.807) is 12.3 Å². The predicted molar refractivity (Wildman–Crippen MR) is 102 cm³/mol. The standard InChI is InChI=1S/C18H18INO4/c1-11-4-5-14(6-12(11)2)20-9-13-7-15(19)18(16(8-13)23-3)24-10-17(21)22/h4-9H,10H2,1-3H3,(H,21,22). The van der Waals surface area contributed by atoms with Crippen LogP contribution in [0.1, 0.15) is 16.7 Å². The van der Waals surface area contributed by atoms with Crippen molar-refractivity contribution in [1.29, 1.82) is 0 Å². The quantitative estimate of drug-likeness (QED) is 0.543. The molecule has 0 radical (unpaired) electrons. The van der Waals surface area contributed by atoms with Crippen LogP contribution < -0.4 is 9.47 Å². The lowest BCUT2D eigenvalue weighted by atomic mass is 10.1. The number of benzene rings is 2. The van der Waals surface area contributed by atoms with Gasteiger partial charge in [-0.2, -0.15) is 0 Å². The van der Waals surface area contributed by atoms with Crippen molar-refractivity contribution >= 4 is 40.5 Å². The maximum absolute atomic E-state index is 10.7. The zero-order valence-electron chi connectivity index (χ0n) is 13.7. The number of aryl methyl sites for hydroxylation is 2. The highest BCUT2D eigenvalue weighted by Gasteiger charge is 2.12. The molecule has 0 saturated carbocycles. The average molecular weight is 439 g/mol. The monoisotopic (exact) mass is 439 g/mol. The molecule has 0 spiro atoms. The molecule has 0 aromatic heterocycles. The van der Waals surface area contributed by atoms with Crippen molar-refractivity contribution in [1.82, 2.24) is 0 Å². The van der Waals surface area contributed by atoms with E-state index in [0.29, 0.717) is 11.5 Å². The Morgan fingerprint density at radius 3 is 2.62 bits per heavy atom. The zero-order chi connectivity index (χ0) is 17.7. The van der Waals surface area contributed by atoms with Gasteiger partial charge in [-0.1, -0.05) is 6.07 Å². The Bertz CT molecular complexity index is 787. The van der Waals surface area contributed by atoms with Crippen molar-refractivity contribution in [2.75, 3.05) is 13.7 Å². The largest absolute Gasteiger partial charge is 0.493 e. The number of methoxy groups -OCH3 is 1. The van der Waals surface area contributed by atoms with Crippen LogP contribution in [0.2, 0.25) is 0 Å². The van der Waals surface area contributed by atoms with Gasteiger partial charge in [0.15, 0.2) is 18.1 Å². The van der Waals surface area contributed by atoms with Gasteiger partial charge in [0.2, 0.25) is 0 Å². The fourth-order valence-electron chi connectivity index (χ4n) is 2.04. The van der Waals surface area contributed by atoms with E-state index < -0.39 is 12.6 Å². The summed E-state index contributed by atoms with van der Waals surface area (Å²) in [7, 11) is 1.52. The van der Waals surface area contributed by atoms with Gasteiger partial charge in [0.05, 0.1) is 16.4 Å². The van der Waals surface area contributed by atoms with Crippen LogP contribution in [0.3, 0.4) is 0 Å². The summed E-state index contributed by atoms with van der Waals surface area (Å²) in [4.78, 5) is 15.2. The lowest BCUT2D eigenvalue weighted by Gasteiger charge is -2.12. The number of rotatable bonds is 6. The Kier molecular flexibility index (Phi) is 6.19. The van der Waals surface area contributed by atoms with Crippen molar-refractivity contribution in [2.24, 2.45) is 4.99 Å². The lowest BCUT2D eigenvalue weighted by Crippen LogP contribution is -2.11. The highest BCUT2D eigenvalue weighted by Crippen LogP contribution is 2.33. The number of carboxylic acid groups (broad SMARTS) is 1. The van der Waals surface area contributed by atoms with Crippen molar-refractivity contribution in [2.45, 2.75) is 13.8 Å². The zero-order valence-corrected chi connectivity index (χ0v) is 15.8. The fourth-order valence-corrected chi connectivity index (χ4v) is 2.82. The molecule has 0 aliphatic heterocycles. The molecule has 0 unspecified atom stereocenters. The minimum atomic E-state index is -1.03. The van der Waals surface area contributed by atoms with Crippen molar-refractivity contribution in [3.8, 4) is 11.5 Å². The molecule has 0 atom stereocenters. The number of halogens is 1. The van der Waals surface area contributed by atoms with Crippen molar-refractivity contribution < 1.29 is 19.4 Å². The first-order valence-electron chi connectivity index (χ1n) is 7.24. The predicted octanol–water partition coefficient (Wildman–Crippen LogP) is 4.13. The molecule has 2 rings (SSSR count). The topological polar surface area (TPSA) is 68.1 Å². The number of carbonyl (C=O) groups is 1. The third kappa shape index (κ3) is 4.70. The third-order valence-electron chi connectivity index (χ3n) is 3.44. The van der Waals surface area contributed by atoms with Gasteiger partial charge in [-0.05, 0) is 77.4 Å². The second-order valence-electron chi connectivity index (χ2n) is 5.24. The smallest absolute Gasteiger partial charge is 0.341 e. The molecule has 5 nitrogen and oxygen atoms in total. The Hall–Kier alpha value is -2.09. The average Bonchev–Trinajstić information content (AvgIpc) is 2.54. The number of carboxylic acids is 1. The third-order valence-corrected chi connectivity index (χ3v) is 4.25. The number of nitrogens with zero attached hydrogens (tertiary/aromatic N) is 1. The fraction of sp³-hybridized carbons (Fsp3) is 0.222. The maximum Gasteiger partial charge on any atom is 0.341 e. The van der Waals surface area contributed by atoms with Gasteiger partial charge >= 0.3 is 5.97 Å². The van der Waals surface area contributed by atoms with Crippen LogP contribution in [0.5, 0.6) is 11.5 Å². The number of ether oxygens (including phenoxy) is 2. The SMILES string of the molecule is COc1cc(C=Nc2ccc(C)c(C)c2)cc(I)c1OCC(=O)O. The molecule has 1 N–H and O–H groups in total. The van der Waals surface area contributed by atoms with Gasteiger partial charge in [0.25, 0.3) is 0 Å². The highest BCUT2D eigenvalue weighted by molar-refractivity contribution is 14.1. The number of aliphatic carboxylic acids is 1. The first-order chi connectivity index (χ1) is 11.4. The van der Waals surface area contributed by atoms with Crippen molar-refractivity contribution in [3.63, 3.8) is 0 Å². The van der Waals surface area contributed by atoms with Crippen LogP contribution in [0, 0.1) is 17.4 Å². The van der Waals surface area contributed by atoms with E-state index in [1.807, 2.05) is 24.3 Å². The molecular formula is C18H18INO4. The molecule has 0 heterocycles. The summed E-state index contributed by atoms with van der Waals surface area (Å²) >= 11 is 2.09. The second kappa shape index (κ2) is 8.14. The summed E-state index contributed by atoms with van der Waals surface area (Å²) in [6.45, 7) is 3.70. The van der Waals surface area contributed by atoms with Crippen LogP contribution >= 0.6 is 22.6 Å². The summed E-state index contributed by atoms with van der Waals surface area (Å²) in [6, 6.07) is 9.66. The minimum Gasteiger partial charge on any atom is -0.493 e. The number of aliphatic imine (C=N–C) groups is 1. The first kappa shape index (κ1) is 18.3. The number of hydrogen-bond donors (Lipinski definition) is 1. The van der Waals surface area contributed by atoms with E-state index in [4.69, 9.17) is 14.6 Å². The van der Waals surface area contributed by atoms with Gasteiger partial charge in [-0.3, -0.25) is 4.99 Å². The van der Waals surface area contributed by atoms with Crippen LogP contribution in [0.4, 0.5) is 5.69 Å². The molecule has 0 aliphatic rings. The molecule has 0 saturated heterocycles. The van der Waals surface area contributed by atoms with Crippen LogP contribution in [0.25, 0.3) is 0 Å². The second-order valence-corrected chi connectivity index (χ2v) is 6.41. The minimum absolute atomic E-state index is 0.414. The van der Waals surface area contributed by atoms with Crippen molar-refractivity contribution in [3.05, 3.63) is 50.6 Å². The molecule has 24 heavy (non-hydrogen) atoms. The van der Waals surface area contributed by atoms with E-state index in [2.05, 4.69) is 41.4 Å². The Balaban J connectivity index is 2.27. The van der Waals surface area contributed by atoms with Crippen LogP contribution in [-0.4, -0.2) is 31.0 Å². The Morgan fingerprint density at radius 2 is 2.00 bits per heavy atom. The van der Waals surface area contributed by atoms with Crippen LogP contribution in [-0.2, 0) is 4.79 Å². The first-order valence-corrected chi connectivity index (χ1v) is 8.32. The summed E-state index contributed by atoms with van der Waals surface area (Å²) in [5.41, 5.74) is 4.13. The summed E-state index contributed by atoms with van der Waals surface area (Å²) in [6.07, 6.45) is 1.75. The Morgan fingerprint density at radius 1 is 1.25 bits per heavy atom. The Labute approximate surface area is 154 Å². The van der Waals surface area contributed by atoms with E-state index in [9.17, 15) is 4.79 Å². The molecule has 6 heteroatoms. The lowest BCUT2D eigenvalue weighted by molar-refractivity contribution is -0.139. The molecule has 2 aromatic rings.